The smallest absolute Gasteiger partial charge is 0.243 e. The highest BCUT2D eigenvalue weighted by molar-refractivity contribution is 7.89. The Balaban J connectivity index is 1.85. The predicted octanol–water partition coefficient (Wildman–Crippen LogP) is 1.51. The molecule has 0 heterocycles. The van der Waals surface area contributed by atoms with E-state index < -0.39 is 15.8 Å². The Morgan fingerprint density at radius 3 is 2.65 bits per heavy atom. The van der Waals surface area contributed by atoms with Gasteiger partial charge >= 0.3 is 0 Å². The number of fused-ring (bicyclic) bond motifs is 2. The monoisotopic (exact) mass is 299 g/mol. The van der Waals surface area contributed by atoms with E-state index in [4.69, 9.17) is 0 Å². The quantitative estimate of drug-likeness (QED) is 0.885. The van der Waals surface area contributed by atoms with Crippen molar-refractivity contribution in [2.24, 2.45) is 17.8 Å². The summed E-state index contributed by atoms with van der Waals surface area (Å²) >= 11 is 0. The normalized spacial score (nSPS) is 32.7. The fourth-order valence-electron chi connectivity index (χ4n) is 3.76. The molecule has 0 spiro atoms. The zero-order valence-corrected chi connectivity index (χ0v) is 11.8. The van der Waals surface area contributed by atoms with Crippen LogP contribution in [0.2, 0.25) is 0 Å². The molecule has 2 bridgehead atoms. The molecule has 2 saturated carbocycles. The second-order valence-corrected chi connectivity index (χ2v) is 7.44. The zero-order chi connectivity index (χ0) is 14.3. The minimum Gasteiger partial charge on any atom is -0.396 e. The number of aliphatic hydroxyl groups excluding tert-OH is 1. The second-order valence-electron chi connectivity index (χ2n) is 5.76. The van der Waals surface area contributed by atoms with Crippen LogP contribution in [0.4, 0.5) is 4.39 Å². The maximum Gasteiger partial charge on any atom is 0.243 e. The summed E-state index contributed by atoms with van der Waals surface area (Å²) in [6.07, 6.45) is 2.98. The van der Waals surface area contributed by atoms with Gasteiger partial charge in [-0.15, -0.1) is 0 Å². The third kappa shape index (κ3) is 2.25. The van der Waals surface area contributed by atoms with E-state index in [9.17, 15) is 17.9 Å². The first kappa shape index (κ1) is 14.0. The van der Waals surface area contributed by atoms with Crippen LogP contribution in [-0.2, 0) is 10.0 Å². The lowest BCUT2D eigenvalue weighted by Gasteiger charge is -2.30. The second kappa shape index (κ2) is 5.09. The highest BCUT2D eigenvalue weighted by Gasteiger charge is 2.48. The van der Waals surface area contributed by atoms with Crippen molar-refractivity contribution in [1.29, 1.82) is 0 Å². The Morgan fingerprint density at radius 2 is 1.95 bits per heavy atom. The summed E-state index contributed by atoms with van der Waals surface area (Å²) in [5.41, 5.74) is 0. The molecule has 2 fully saturated rings. The van der Waals surface area contributed by atoms with Gasteiger partial charge in [0, 0.05) is 18.6 Å². The van der Waals surface area contributed by atoms with E-state index in [1.165, 1.54) is 18.2 Å². The summed E-state index contributed by atoms with van der Waals surface area (Å²) in [5.74, 6) is -0.143. The number of nitrogens with one attached hydrogen (secondary N) is 1. The third-order valence-corrected chi connectivity index (χ3v) is 6.21. The van der Waals surface area contributed by atoms with Gasteiger partial charge in [-0.25, -0.2) is 17.5 Å². The third-order valence-electron chi connectivity index (χ3n) is 4.72. The molecule has 20 heavy (non-hydrogen) atoms. The van der Waals surface area contributed by atoms with E-state index in [0.717, 1.165) is 25.3 Å². The molecule has 4 atom stereocenters. The zero-order valence-electron chi connectivity index (χ0n) is 11.0. The Labute approximate surface area is 118 Å². The molecule has 0 aromatic heterocycles. The first-order valence-electron chi connectivity index (χ1n) is 6.90. The lowest BCUT2D eigenvalue weighted by Crippen LogP contribution is -2.45. The number of hydrogen-bond acceptors (Lipinski definition) is 3. The number of sulfonamides is 1. The summed E-state index contributed by atoms with van der Waals surface area (Å²) in [6, 6.07) is 5.09. The van der Waals surface area contributed by atoms with Gasteiger partial charge in [0.2, 0.25) is 10.0 Å². The summed E-state index contributed by atoms with van der Waals surface area (Å²) in [4.78, 5) is -0.320. The van der Waals surface area contributed by atoms with Gasteiger partial charge in [0.05, 0.1) is 0 Å². The van der Waals surface area contributed by atoms with E-state index in [0.29, 0.717) is 5.92 Å². The molecule has 0 aliphatic heterocycles. The topological polar surface area (TPSA) is 66.4 Å². The Hall–Kier alpha value is -0.980. The molecule has 2 aliphatic carbocycles. The average molecular weight is 299 g/mol. The van der Waals surface area contributed by atoms with Gasteiger partial charge in [0.25, 0.3) is 0 Å². The van der Waals surface area contributed by atoms with Crippen LogP contribution < -0.4 is 4.72 Å². The van der Waals surface area contributed by atoms with Crippen LogP contribution in [0, 0.1) is 23.6 Å². The van der Waals surface area contributed by atoms with Crippen LogP contribution >= 0.6 is 0 Å². The number of aliphatic hydroxyl groups is 1. The van der Waals surface area contributed by atoms with Crippen molar-refractivity contribution in [2.45, 2.75) is 30.2 Å². The highest BCUT2D eigenvalue weighted by atomic mass is 32.2. The Morgan fingerprint density at radius 1 is 1.25 bits per heavy atom. The van der Waals surface area contributed by atoms with E-state index in [1.54, 1.807) is 0 Å². The number of hydrogen-bond donors (Lipinski definition) is 2. The molecular formula is C14H18FNO3S. The maximum absolute atomic E-state index is 13.7. The molecule has 3 rings (SSSR count). The lowest BCUT2D eigenvalue weighted by atomic mass is 9.86. The highest BCUT2D eigenvalue weighted by Crippen LogP contribution is 2.48. The van der Waals surface area contributed by atoms with Crippen LogP contribution in [0.1, 0.15) is 19.3 Å². The number of halogens is 1. The van der Waals surface area contributed by atoms with Crippen molar-refractivity contribution >= 4 is 10.0 Å². The van der Waals surface area contributed by atoms with Crippen LogP contribution in [-0.4, -0.2) is 26.2 Å². The Kier molecular flexibility index (Phi) is 3.56. The molecule has 1 aromatic rings. The molecular weight excluding hydrogens is 281 g/mol. The van der Waals surface area contributed by atoms with Crippen molar-refractivity contribution in [3.63, 3.8) is 0 Å². The van der Waals surface area contributed by atoms with E-state index in [-0.39, 0.29) is 29.4 Å². The van der Waals surface area contributed by atoms with Gasteiger partial charge in [0.15, 0.2) is 0 Å². The molecule has 110 valence electrons. The van der Waals surface area contributed by atoms with Gasteiger partial charge in [0.1, 0.15) is 10.7 Å². The van der Waals surface area contributed by atoms with E-state index >= 15 is 0 Å². The minimum absolute atomic E-state index is 0.0222. The summed E-state index contributed by atoms with van der Waals surface area (Å²) in [7, 11) is -3.88. The first-order valence-corrected chi connectivity index (χ1v) is 8.39. The van der Waals surface area contributed by atoms with Crippen molar-refractivity contribution in [2.75, 3.05) is 6.61 Å². The molecule has 1 aromatic carbocycles. The van der Waals surface area contributed by atoms with Crippen LogP contribution in [0.15, 0.2) is 29.2 Å². The van der Waals surface area contributed by atoms with Gasteiger partial charge in [-0.2, -0.15) is 0 Å². The fraction of sp³-hybridized carbons (Fsp3) is 0.571. The van der Waals surface area contributed by atoms with E-state index in [2.05, 4.69) is 4.72 Å². The number of benzene rings is 1. The number of rotatable bonds is 4. The standard InChI is InChI=1S/C14H18FNO3S/c15-12-3-1-2-4-13(12)20(18,19)16-14-10-6-5-9(7-10)11(14)8-17/h1-4,9-11,14,16-17H,5-8H2. The molecule has 2 aliphatic rings. The molecule has 4 unspecified atom stereocenters. The lowest BCUT2D eigenvalue weighted by molar-refractivity contribution is 0.153. The van der Waals surface area contributed by atoms with Crippen molar-refractivity contribution in [3.05, 3.63) is 30.1 Å². The van der Waals surface area contributed by atoms with Gasteiger partial charge in [-0.3, -0.25) is 0 Å². The average Bonchev–Trinajstić information content (AvgIpc) is 2.99. The van der Waals surface area contributed by atoms with Crippen LogP contribution in [0.3, 0.4) is 0 Å². The molecule has 2 N–H and O–H groups in total. The largest absolute Gasteiger partial charge is 0.396 e. The van der Waals surface area contributed by atoms with Gasteiger partial charge < -0.3 is 5.11 Å². The van der Waals surface area contributed by atoms with Crippen molar-refractivity contribution in [3.8, 4) is 0 Å². The van der Waals surface area contributed by atoms with Gasteiger partial charge in [-0.05, 0) is 43.2 Å². The van der Waals surface area contributed by atoms with Crippen LogP contribution in [0.5, 0.6) is 0 Å². The Bertz CT molecular complexity index is 604. The van der Waals surface area contributed by atoms with Crippen LogP contribution in [0.25, 0.3) is 0 Å². The summed E-state index contributed by atoms with van der Waals surface area (Å²) in [5, 5.41) is 9.47. The van der Waals surface area contributed by atoms with E-state index in [1.807, 2.05) is 0 Å². The summed E-state index contributed by atoms with van der Waals surface area (Å²) < 4.78 is 40.9. The SMILES string of the molecule is O=S(=O)(NC1C2CCC(C2)C1CO)c1ccccc1F. The van der Waals surface area contributed by atoms with Crippen molar-refractivity contribution in [1.82, 2.24) is 4.72 Å². The molecule has 0 saturated heterocycles. The maximum atomic E-state index is 13.7. The molecule has 4 nitrogen and oxygen atoms in total. The van der Waals surface area contributed by atoms with Gasteiger partial charge in [-0.1, -0.05) is 12.1 Å². The molecule has 6 heteroatoms. The fourth-order valence-corrected chi connectivity index (χ4v) is 5.20. The first-order chi connectivity index (χ1) is 9.53. The molecule has 0 radical (unpaired) electrons. The molecule has 0 amide bonds. The minimum atomic E-state index is -3.88. The van der Waals surface area contributed by atoms with Crippen molar-refractivity contribution < 1.29 is 17.9 Å². The predicted molar refractivity (Wildman–Crippen MR) is 71.9 cm³/mol. The summed E-state index contributed by atoms with van der Waals surface area (Å²) in [6.45, 7) is -0.0222.